The maximum absolute atomic E-state index is 10.5. The fourth-order valence-electron chi connectivity index (χ4n) is 3.63. The van der Waals surface area contributed by atoms with Crippen LogP contribution in [0.15, 0.2) is 84.0 Å². The summed E-state index contributed by atoms with van der Waals surface area (Å²) in [6.07, 6.45) is 4.46. The van der Waals surface area contributed by atoms with Gasteiger partial charge in [0, 0.05) is 11.5 Å². The van der Waals surface area contributed by atoms with E-state index in [0.717, 1.165) is 11.1 Å². The van der Waals surface area contributed by atoms with E-state index in [1.165, 1.54) is 27.5 Å². The normalized spacial score (nSPS) is 17.0. The average Bonchev–Trinajstić information content (AvgIpc) is 2.94. The molecule has 0 saturated heterocycles. The van der Waals surface area contributed by atoms with Gasteiger partial charge in [0.1, 0.15) is 5.75 Å². The fraction of sp³-hybridized carbons (Fsp3) is 0.130. The van der Waals surface area contributed by atoms with Gasteiger partial charge in [0.15, 0.2) is 0 Å². The Morgan fingerprint density at radius 1 is 0.833 bits per heavy atom. The molecule has 24 heavy (non-hydrogen) atoms. The number of phenolic OH excluding ortho intramolecular Hbond substituents is 1. The highest BCUT2D eigenvalue weighted by atomic mass is 16.3. The molecular weight excluding hydrogens is 292 g/mol. The molecule has 3 aromatic carbocycles. The van der Waals surface area contributed by atoms with E-state index in [2.05, 4.69) is 62.4 Å². The van der Waals surface area contributed by atoms with E-state index < -0.39 is 0 Å². The van der Waals surface area contributed by atoms with Gasteiger partial charge >= 0.3 is 0 Å². The molecule has 0 radical (unpaired) electrons. The second-order valence-electron chi connectivity index (χ2n) is 6.47. The van der Waals surface area contributed by atoms with E-state index in [1.54, 1.807) is 6.07 Å². The number of benzene rings is 3. The Morgan fingerprint density at radius 3 is 2.33 bits per heavy atom. The van der Waals surface area contributed by atoms with Crippen molar-refractivity contribution in [2.24, 2.45) is 0 Å². The molecule has 1 aliphatic rings. The highest BCUT2D eigenvalue weighted by Gasteiger charge is 2.22. The van der Waals surface area contributed by atoms with Crippen LogP contribution in [0.1, 0.15) is 25.3 Å². The fourth-order valence-corrected chi connectivity index (χ4v) is 3.63. The lowest BCUT2D eigenvalue weighted by Crippen LogP contribution is -1.99. The van der Waals surface area contributed by atoms with Crippen molar-refractivity contribution >= 4 is 10.8 Å². The Labute approximate surface area is 142 Å². The maximum atomic E-state index is 10.5. The van der Waals surface area contributed by atoms with Gasteiger partial charge < -0.3 is 5.11 Å². The van der Waals surface area contributed by atoms with Crippen molar-refractivity contribution in [3.8, 4) is 16.9 Å². The van der Waals surface area contributed by atoms with Gasteiger partial charge in [-0.1, -0.05) is 77.9 Å². The van der Waals surface area contributed by atoms with E-state index in [1.807, 2.05) is 18.2 Å². The molecule has 1 heteroatoms. The molecule has 1 unspecified atom stereocenters. The van der Waals surface area contributed by atoms with Crippen LogP contribution in [0, 0.1) is 0 Å². The zero-order valence-electron chi connectivity index (χ0n) is 14.0. The Morgan fingerprint density at radius 2 is 1.58 bits per heavy atom. The number of allylic oxidation sites excluding steroid dienone is 4. The summed E-state index contributed by atoms with van der Waals surface area (Å²) in [5, 5.41) is 12.9. The molecule has 0 aliphatic heterocycles. The third kappa shape index (κ3) is 2.25. The molecule has 4 rings (SSSR count). The molecule has 3 aromatic rings. The van der Waals surface area contributed by atoms with Crippen molar-refractivity contribution in [3.05, 3.63) is 89.5 Å². The predicted molar refractivity (Wildman–Crippen MR) is 101 cm³/mol. The van der Waals surface area contributed by atoms with Crippen LogP contribution in [-0.4, -0.2) is 5.11 Å². The van der Waals surface area contributed by atoms with Crippen molar-refractivity contribution < 1.29 is 5.11 Å². The van der Waals surface area contributed by atoms with Crippen LogP contribution in [0.25, 0.3) is 21.9 Å². The summed E-state index contributed by atoms with van der Waals surface area (Å²) in [6.45, 7) is 4.36. The van der Waals surface area contributed by atoms with Gasteiger partial charge in [0.2, 0.25) is 0 Å². The first-order chi connectivity index (χ1) is 11.7. The number of para-hydroxylation sites is 1. The monoisotopic (exact) mass is 312 g/mol. The van der Waals surface area contributed by atoms with E-state index in [4.69, 9.17) is 0 Å². The van der Waals surface area contributed by atoms with Gasteiger partial charge in [-0.2, -0.15) is 0 Å². The zero-order chi connectivity index (χ0) is 16.7. The molecular formula is C23H20O. The minimum Gasteiger partial charge on any atom is -0.507 e. The van der Waals surface area contributed by atoms with Crippen LogP contribution in [-0.2, 0) is 0 Å². The number of rotatable bonds is 2. The largest absolute Gasteiger partial charge is 0.507 e. The topological polar surface area (TPSA) is 20.2 Å². The van der Waals surface area contributed by atoms with Crippen molar-refractivity contribution in [3.63, 3.8) is 0 Å². The minimum absolute atomic E-state index is 0.268. The summed E-state index contributed by atoms with van der Waals surface area (Å²) >= 11 is 0. The predicted octanol–water partition coefficient (Wildman–Crippen LogP) is 6.20. The summed E-state index contributed by atoms with van der Waals surface area (Å²) in [6, 6.07) is 20.4. The summed E-state index contributed by atoms with van der Waals surface area (Å²) < 4.78 is 0. The number of hydrogen-bond acceptors (Lipinski definition) is 1. The van der Waals surface area contributed by atoms with Crippen LogP contribution in [0.3, 0.4) is 0 Å². The van der Waals surface area contributed by atoms with Gasteiger partial charge in [-0.25, -0.2) is 0 Å². The smallest absolute Gasteiger partial charge is 0.123 e. The molecule has 0 bridgehead atoms. The number of phenols is 1. The first kappa shape index (κ1) is 14.8. The van der Waals surface area contributed by atoms with Crippen molar-refractivity contribution in [2.75, 3.05) is 0 Å². The second-order valence-corrected chi connectivity index (χ2v) is 6.47. The standard InChI is InChI=1S/C23H20O/c1-15-11-13-18(16(15)2)20-14-12-17-7-3-4-8-19(17)23(20)21-9-5-6-10-22(21)24/h3-14,18,24H,1-2H3. The quantitative estimate of drug-likeness (QED) is 0.597. The van der Waals surface area contributed by atoms with Gasteiger partial charge in [-0.15, -0.1) is 0 Å². The Bertz CT molecular complexity index is 992. The molecule has 1 N–H and O–H groups in total. The molecule has 0 fully saturated rings. The van der Waals surface area contributed by atoms with Gasteiger partial charge in [0.05, 0.1) is 0 Å². The second kappa shape index (κ2) is 5.68. The summed E-state index contributed by atoms with van der Waals surface area (Å²) in [4.78, 5) is 0. The third-order valence-electron chi connectivity index (χ3n) is 5.10. The highest BCUT2D eigenvalue weighted by Crippen LogP contribution is 2.44. The van der Waals surface area contributed by atoms with Crippen LogP contribution in [0.5, 0.6) is 5.75 Å². The lowest BCUT2D eigenvalue weighted by Gasteiger charge is -2.20. The molecule has 1 nitrogen and oxygen atoms in total. The molecule has 1 aliphatic carbocycles. The van der Waals surface area contributed by atoms with E-state index >= 15 is 0 Å². The Balaban J connectivity index is 2.07. The lowest BCUT2D eigenvalue weighted by atomic mass is 9.84. The number of fused-ring (bicyclic) bond motifs is 1. The van der Waals surface area contributed by atoms with Crippen LogP contribution >= 0.6 is 0 Å². The SMILES string of the molecule is CC1=C(C)C(c2ccc3ccccc3c2-c2ccccc2O)C=C1. The van der Waals surface area contributed by atoms with Crippen LogP contribution in [0.2, 0.25) is 0 Å². The lowest BCUT2D eigenvalue weighted by molar-refractivity contribution is 0.477. The molecule has 0 aromatic heterocycles. The first-order valence-electron chi connectivity index (χ1n) is 8.32. The minimum atomic E-state index is 0.268. The average molecular weight is 312 g/mol. The van der Waals surface area contributed by atoms with E-state index in [-0.39, 0.29) is 5.92 Å². The van der Waals surface area contributed by atoms with Crippen LogP contribution in [0.4, 0.5) is 0 Å². The summed E-state index contributed by atoms with van der Waals surface area (Å²) in [5.41, 5.74) is 5.99. The van der Waals surface area contributed by atoms with Gasteiger partial charge in [-0.05, 0) is 41.8 Å². The first-order valence-corrected chi connectivity index (χ1v) is 8.32. The van der Waals surface area contributed by atoms with Crippen molar-refractivity contribution in [1.82, 2.24) is 0 Å². The van der Waals surface area contributed by atoms with E-state index in [9.17, 15) is 5.11 Å². The molecule has 0 heterocycles. The van der Waals surface area contributed by atoms with E-state index in [0.29, 0.717) is 5.75 Å². The van der Waals surface area contributed by atoms with Crippen molar-refractivity contribution in [1.29, 1.82) is 0 Å². The molecule has 0 spiro atoms. The molecule has 0 amide bonds. The Kier molecular flexibility index (Phi) is 3.50. The molecule has 118 valence electrons. The third-order valence-corrected chi connectivity index (χ3v) is 5.10. The maximum Gasteiger partial charge on any atom is 0.123 e. The molecule has 1 atom stereocenters. The Hall–Kier alpha value is -2.80. The molecule has 0 saturated carbocycles. The summed E-state index contributed by atoms with van der Waals surface area (Å²) in [5.74, 6) is 0.597. The van der Waals surface area contributed by atoms with Gasteiger partial charge in [-0.3, -0.25) is 0 Å². The highest BCUT2D eigenvalue weighted by molar-refractivity contribution is 6.00. The summed E-state index contributed by atoms with van der Waals surface area (Å²) in [7, 11) is 0. The zero-order valence-corrected chi connectivity index (χ0v) is 14.0. The number of hydrogen-bond donors (Lipinski definition) is 1. The van der Waals surface area contributed by atoms with Gasteiger partial charge in [0.25, 0.3) is 0 Å². The van der Waals surface area contributed by atoms with Crippen molar-refractivity contribution in [2.45, 2.75) is 19.8 Å². The number of aromatic hydroxyl groups is 1. The van der Waals surface area contributed by atoms with Crippen LogP contribution < -0.4 is 0 Å².